The molecule has 8 heteroatoms. The van der Waals surface area contributed by atoms with Crippen molar-refractivity contribution >= 4 is 0 Å². The van der Waals surface area contributed by atoms with Crippen molar-refractivity contribution in [2.45, 2.75) is 70.2 Å². The fourth-order valence-electron chi connectivity index (χ4n) is 3.36. The van der Waals surface area contributed by atoms with Gasteiger partial charge in [0.2, 0.25) is 0 Å². The highest BCUT2D eigenvalue weighted by atomic mass is 16.5. The number of ether oxygens (including phenoxy) is 1. The van der Waals surface area contributed by atoms with Gasteiger partial charge in [0.1, 0.15) is 5.82 Å². The van der Waals surface area contributed by atoms with Gasteiger partial charge in [-0.2, -0.15) is 5.10 Å². The summed E-state index contributed by atoms with van der Waals surface area (Å²) in [5.74, 6) is 2.48. The van der Waals surface area contributed by atoms with Crippen LogP contribution in [0.2, 0.25) is 0 Å². The van der Waals surface area contributed by atoms with Crippen LogP contribution in [0, 0.1) is 0 Å². The van der Waals surface area contributed by atoms with E-state index < -0.39 is 0 Å². The van der Waals surface area contributed by atoms with E-state index in [0.29, 0.717) is 5.92 Å². The molecule has 2 aromatic rings. The van der Waals surface area contributed by atoms with Crippen molar-refractivity contribution in [3.05, 3.63) is 23.5 Å². The van der Waals surface area contributed by atoms with E-state index in [1.807, 2.05) is 10.9 Å². The Bertz CT molecular complexity index is 727. The smallest absolute Gasteiger partial charge is 0.153 e. The second-order valence-corrected chi connectivity index (χ2v) is 8.22. The van der Waals surface area contributed by atoms with E-state index >= 15 is 0 Å². The van der Waals surface area contributed by atoms with Crippen LogP contribution in [0.15, 0.2) is 6.20 Å². The molecular formula is C17H27N7O. The Morgan fingerprint density at radius 1 is 1.32 bits per heavy atom. The number of methoxy groups -OCH3 is 1. The first-order valence-electron chi connectivity index (χ1n) is 9.05. The Kier molecular flexibility index (Phi) is 4.11. The van der Waals surface area contributed by atoms with Gasteiger partial charge >= 0.3 is 0 Å². The molecule has 1 saturated heterocycles. The van der Waals surface area contributed by atoms with Crippen LogP contribution in [0.25, 0.3) is 0 Å². The van der Waals surface area contributed by atoms with Crippen molar-refractivity contribution in [1.82, 2.24) is 35.1 Å². The minimum Gasteiger partial charge on any atom is -0.380 e. The van der Waals surface area contributed by atoms with E-state index in [1.165, 1.54) is 12.8 Å². The summed E-state index contributed by atoms with van der Waals surface area (Å²) in [7, 11) is 1.77. The molecule has 0 bridgehead atoms. The Morgan fingerprint density at radius 3 is 2.76 bits per heavy atom. The fourth-order valence-corrected chi connectivity index (χ4v) is 3.36. The number of hydrogen-bond acceptors (Lipinski definition) is 6. The maximum absolute atomic E-state index is 5.61. The normalized spacial score (nSPS) is 25.0. The molecule has 0 radical (unpaired) electrons. The number of nitrogens with zero attached hydrogens (tertiary/aromatic N) is 6. The van der Waals surface area contributed by atoms with Crippen molar-refractivity contribution in [1.29, 1.82) is 0 Å². The van der Waals surface area contributed by atoms with E-state index in [1.54, 1.807) is 7.11 Å². The van der Waals surface area contributed by atoms with Crippen LogP contribution in [-0.2, 0) is 16.8 Å². The van der Waals surface area contributed by atoms with Gasteiger partial charge in [-0.05, 0) is 40.0 Å². The minimum absolute atomic E-state index is 0.0607. The van der Waals surface area contributed by atoms with E-state index in [2.05, 4.69) is 46.2 Å². The molecule has 0 aromatic carbocycles. The number of H-pyrrole nitrogens is 1. The molecule has 25 heavy (non-hydrogen) atoms. The van der Waals surface area contributed by atoms with Gasteiger partial charge in [-0.1, -0.05) is 5.21 Å². The number of hydrogen-bond donors (Lipinski definition) is 1. The lowest BCUT2D eigenvalue weighted by atomic mass is 10.1. The summed E-state index contributed by atoms with van der Waals surface area (Å²) in [4.78, 5) is 7.12. The van der Waals surface area contributed by atoms with Crippen molar-refractivity contribution in [3.63, 3.8) is 0 Å². The van der Waals surface area contributed by atoms with Crippen molar-refractivity contribution in [2.75, 3.05) is 13.7 Å². The van der Waals surface area contributed by atoms with Crippen molar-refractivity contribution < 1.29 is 4.74 Å². The monoisotopic (exact) mass is 345 g/mol. The summed E-state index contributed by atoms with van der Waals surface area (Å²) in [5.41, 5.74) is 0.910. The van der Waals surface area contributed by atoms with E-state index in [-0.39, 0.29) is 17.7 Å². The summed E-state index contributed by atoms with van der Waals surface area (Å²) < 4.78 is 7.53. The maximum atomic E-state index is 5.61. The second-order valence-electron chi connectivity index (χ2n) is 8.22. The van der Waals surface area contributed by atoms with Gasteiger partial charge in [0.15, 0.2) is 5.82 Å². The van der Waals surface area contributed by atoms with Crippen LogP contribution in [0.5, 0.6) is 0 Å². The number of likely N-dealkylation sites (tertiary alicyclic amines) is 1. The summed E-state index contributed by atoms with van der Waals surface area (Å²) in [6, 6.07) is 0.185. The Morgan fingerprint density at radius 2 is 2.12 bits per heavy atom. The molecular weight excluding hydrogens is 318 g/mol. The zero-order chi connectivity index (χ0) is 17.6. The van der Waals surface area contributed by atoms with Gasteiger partial charge in [0.05, 0.1) is 29.6 Å². The van der Waals surface area contributed by atoms with Gasteiger partial charge < -0.3 is 4.74 Å². The minimum atomic E-state index is -0.0607. The molecule has 0 spiro atoms. The predicted octanol–water partition coefficient (Wildman–Crippen LogP) is 1.99. The molecule has 3 heterocycles. The molecule has 2 aromatic heterocycles. The molecule has 2 atom stereocenters. The topological polar surface area (TPSA) is 84.8 Å². The third-order valence-electron chi connectivity index (χ3n) is 5.07. The quantitative estimate of drug-likeness (QED) is 0.892. The summed E-state index contributed by atoms with van der Waals surface area (Å²) in [5, 5.41) is 16.2. The Labute approximate surface area is 148 Å². The third-order valence-corrected chi connectivity index (χ3v) is 5.07. The predicted molar refractivity (Wildman–Crippen MR) is 91.9 cm³/mol. The average molecular weight is 345 g/mol. The zero-order valence-corrected chi connectivity index (χ0v) is 15.4. The molecule has 4 rings (SSSR count). The third kappa shape index (κ3) is 3.46. The van der Waals surface area contributed by atoms with Crippen LogP contribution in [0.4, 0.5) is 0 Å². The van der Waals surface area contributed by atoms with Gasteiger partial charge in [-0.25, -0.2) is 9.67 Å². The maximum Gasteiger partial charge on any atom is 0.153 e. The number of aromatic amines is 1. The van der Waals surface area contributed by atoms with Crippen molar-refractivity contribution in [2.24, 2.45) is 0 Å². The number of nitrogens with one attached hydrogen (secondary N) is 1. The van der Waals surface area contributed by atoms with Crippen LogP contribution in [0.3, 0.4) is 0 Å². The first-order chi connectivity index (χ1) is 11.9. The van der Waals surface area contributed by atoms with Gasteiger partial charge in [0.25, 0.3) is 0 Å². The first kappa shape index (κ1) is 16.7. The highest BCUT2D eigenvalue weighted by Crippen LogP contribution is 2.39. The Balaban J connectivity index is 1.52. The fraction of sp³-hybridized carbons (Fsp3) is 0.765. The zero-order valence-electron chi connectivity index (χ0n) is 15.4. The molecule has 136 valence electrons. The van der Waals surface area contributed by atoms with Gasteiger partial charge in [-0.3, -0.25) is 10.00 Å². The van der Waals surface area contributed by atoms with Crippen LogP contribution >= 0.6 is 0 Å². The molecule has 2 aliphatic rings. The molecule has 1 aliphatic heterocycles. The lowest BCUT2D eigenvalue weighted by Gasteiger charge is -2.21. The van der Waals surface area contributed by atoms with Crippen LogP contribution in [-0.4, -0.2) is 54.8 Å². The highest BCUT2D eigenvalue weighted by molar-refractivity contribution is 5.09. The summed E-state index contributed by atoms with van der Waals surface area (Å²) in [6.45, 7) is 7.97. The molecule has 0 amide bonds. The van der Waals surface area contributed by atoms with Gasteiger partial charge in [0, 0.05) is 26.1 Å². The van der Waals surface area contributed by atoms with E-state index in [0.717, 1.165) is 36.9 Å². The molecule has 0 unspecified atom stereocenters. The molecule has 1 aliphatic carbocycles. The average Bonchev–Trinajstić information content (AvgIpc) is 3.01. The second kappa shape index (κ2) is 6.17. The molecule has 8 nitrogen and oxygen atoms in total. The lowest BCUT2D eigenvalue weighted by molar-refractivity contribution is 0.107. The van der Waals surface area contributed by atoms with Gasteiger partial charge in [-0.15, -0.1) is 5.10 Å². The molecule has 1 saturated carbocycles. The standard InChI is InChI=1S/C17H27N7O/c1-17(2,3)24-9-12(19-22-24)8-23-10-13(25-4)7-14(23)16-18-15(20-21-16)11-5-6-11/h9,11,13-14H,5-8,10H2,1-4H3,(H,18,20,21)/t13-,14+/m1/s1. The van der Waals surface area contributed by atoms with Crippen molar-refractivity contribution in [3.8, 4) is 0 Å². The molecule has 1 N–H and O–H groups in total. The van der Waals surface area contributed by atoms with Crippen LogP contribution < -0.4 is 0 Å². The van der Waals surface area contributed by atoms with E-state index in [9.17, 15) is 0 Å². The molecule has 2 fully saturated rings. The lowest BCUT2D eigenvalue weighted by Crippen LogP contribution is -2.25. The summed E-state index contributed by atoms with van der Waals surface area (Å²) >= 11 is 0. The SMILES string of the molecule is CO[C@@H]1C[C@@H](c2nc(C3CC3)n[nH]2)N(Cc2cn(C(C)(C)C)nn2)C1. The highest BCUT2D eigenvalue weighted by Gasteiger charge is 2.37. The van der Waals surface area contributed by atoms with Crippen LogP contribution in [0.1, 0.15) is 69.3 Å². The summed E-state index contributed by atoms with van der Waals surface area (Å²) in [6.07, 6.45) is 5.58. The Hall–Kier alpha value is -1.80. The van der Waals surface area contributed by atoms with E-state index in [4.69, 9.17) is 9.72 Å². The first-order valence-corrected chi connectivity index (χ1v) is 9.05. The largest absolute Gasteiger partial charge is 0.380 e. The number of rotatable bonds is 5. The number of aromatic nitrogens is 6.